The molecule has 0 bridgehead atoms. The van der Waals surface area contributed by atoms with Gasteiger partial charge in [0.2, 0.25) is 5.91 Å². The largest absolute Gasteiger partial charge is 0.336 e. The van der Waals surface area contributed by atoms with E-state index in [9.17, 15) is 13.2 Å². The van der Waals surface area contributed by atoms with Crippen LogP contribution in [0, 0.1) is 11.8 Å². The number of hydrogen-bond acceptors (Lipinski definition) is 5. The van der Waals surface area contributed by atoms with Gasteiger partial charge in [0, 0.05) is 37.3 Å². The smallest absolute Gasteiger partial charge is 0.225 e. The zero-order chi connectivity index (χ0) is 19.1. The lowest BCUT2D eigenvalue weighted by molar-refractivity contribution is -0.140. The Labute approximate surface area is 156 Å². The number of aromatic amines is 1. The van der Waals surface area contributed by atoms with Gasteiger partial charge in [0.1, 0.15) is 0 Å². The maximum Gasteiger partial charge on any atom is 0.225 e. The van der Waals surface area contributed by atoms with Crippen LogP contribution in [0.15, 0.2) is 6.07 Å². The molecule has 0 unspecified atom stereocenters. The number of nitrogens with zero attached hydrogens (tertiary/aromatic N) is 3. The summed E-state index contributed by atoms with van der Waals surface area (Å²) in [4.78, 5) is 16.5. The van der Waals surface area contributed by atoms with E-state index in [4.69, 9.17) is 0 Å². The minimum atomic E-state index is -3.12. The molecule has 1 amide bonds. The molecule has 8 heteroatoms. The minimum Gasteiger partial charge on any atom is -0.336 e. The van der Waals surface area contributed by atoms with Crippen LogP contribution in [0.3, 0.4) is 0 Å². The molecule has 2 aliphatic heterocycles. The van der Waals surface area contributed by atoms with Crippen molar-refractivity contribution in [1.82, 2.24) is 20.0 Å². The van der Waals surface area contributed by atoms with E-state index in [0.29, 0.717) is 25.6 Å². The number of hydrogen-bond donors (Lipinski definition) is 1. The van der Waals surface area contributed by atoms with E-state index in [1.807, 2.05) is 13.8 Å². The number of aromatic nitrogens is 2. The fraction of sp³-hybridized carbons (Fsp3) is 0.778. The van der Waals surface area contributed by atoms with Gasteiger partial charge in [0.25, 0.3) is 0 Å². The van der Waals surface area contributed by atoms with E-state index in [1.54, 1.807) is 4.90 Å². The number of piperazine rings is 1. The van der Waals surface area contributed by atoms with Crippen LogP contribution in [0.4, 0.5) is 0 Å². The summed E-state index contributed by atoms with van der Waals surface area (Å²) in [6.07, 6.45) is 0.924. The van der Waals surface area contributed by atoms with Crippen LogP contribution in [-0.4, -0.2) is 71.0 Å². The Morgan fingerprint density at radius 2 is 1.92 bits per heavy atom. The molecule has 2 aliphatic rings. The van der Waals surface area contributed by atoms with Crippen molar-refractivity contribution in [3.05, 3.63) is 17.5 Å². The van der Waals surface area contributed by atoms with Crippen LogP contribution in [0.5, 0.6) is 0 Å². The van der Waals surface area contributed by atoms with E-state index >= 15 is 0 Å². The topological polar surface area (TPSA) is 86.4 Å². The summed E-state index contributed by atoms with van der Waals surface area (Å²) < 4.78 is 24.5. The number of fused-ring (bicyclic) bond motifs is 1. The Hall–Kier alpha value is -1.41. The second-order valence-electron chi connectivity index (χ2n) is 8.35. The summed E-state index contributed by atoms with van der Waals surface area (Å²) in [5.41, 5.74) is 2.05. The first-order valence-corrected chi connectivity index (χ1v) is 11.3. The normalized spacial score (nSPS) is 25.8. The van der Waals surface area contributed by atoms with E-state index in [2.05, 4.69) is 35.0 Å². The second-order valence-corrected chi connectivity index (χ2v) is 10.5. The zero-order valence-corrected chi connectivity index (χ0v) is 16.9. The average Bonchev–Trinajstić information content (AvgIpc) is 3.09. The van der Waals surface area contributed by atoms with Gasteiger partial charge in [-0.25, -0.2) is 8.42 Å². The van der Waals surface area contributed by atoms with Gasteiger partial charge in [-0.15, -0.1) is 0 Å². The first-order valence-electron chi connectivity index (χ1n) is 9.44. The second kappa shape index (κ2) is 7.31. The lowest BCUT2D eigenvalue weighted by atomic mass is 10.0. The molecule has 2 saturated heterocycles. The third kappa shape index (κ3) is 4.11. The highest BCUT2D eigenvalue weighted by atomic mass is 32.2. The summed E-state index contributed by atoms with van der Waals surface area (Å²) in [6, 6.07) is 1.71. The summed E-state index contributed by atoms with van der Waals surface area (Å²) in [7, 11) is -3.12. The van der Waals surface area contributed by atoms with Crippen LogP contribution in [0.2, 0.25) is 0 Å². The maximum absolute atomic E-state index is 12.5. The van der Waals surface area contributed by atoms with Crippen molar-refractivity contribution in [3.63, 3.8) is 0 Å². The van der Waals surface area contributed by atoms with Gasteiger partial charge in [-0.1, -0.05) is 27.7 Å². The van der Waals surface area contributed by atoms with Crippen molar-refractivity contribution in [2.24, 2.45) is 11.8 Å². The first kappa shape index (κ1) is 19.4. The molecule has 0 aliphatic carbocycles. The monoisotopic (exact) mass is 382 g/mol. The molecule has 0 spiro atoms. The van der Waals surface area contributed by atoms with Gasteiger partial charge in [0.15, 0.2) is 9.84 Å². The highest BCUT2D eigenvalue weighted by Crippen LogP contribution is 2.29. The molecular formula is C18H30N4O3S. The Morgan fingerprint density at radius 3 is 2.58 bits per heavy atom. The summed E-state index contributed by atoms with van der Waals surface area (Å²) >= 11 is 0. The van der Waals surface area contributed by atoms with Gasteiger partial charge >= 0.3 is 0 Å². The highest BCUT2D eigenvalue weighted by molar-refractivity contribution is 7.91. The molecule has 26 heavy (non-hydrogen) atoms. The highest BCUT2D eigenvalue weighted by Gasteiger charge is 2.48. The molecule has 0 radical (unpaired) electrons. The van der Waals surface area contributed by atoms with Crippen molar-refractivity contribution < 1.29 is 13.2 Å². The van der Waals surface area contributed by atoms with Gasteiger partial charge in [-0.2, -0.15) is 5.10 Å². The summed E-state index contributed by atoms with van der Waals surface area (Å²) in [6.45, 7) is 9.97. The van der Waals surface area contributed by atoms with Crippen molar-refractivity contribution in [3.8, 4) is 0 Å². The third-order valence-electron chi connectivity index (χ3n) is 5.24. The van der Waals surface area contributed by atoms with Crippen LogP contribution in [-0.2, 0) is 27.6 Å². The third-order valence-corrected chi connectivity index (χ3v) is 6.94. The molecule has 2 atom stereocenters. The van der Waals surface area contributed by atoms with Gasteiger partial charge in [-0.3, -0.25) is 14.8 Å². The Bertz CT molecular complexity index is 756. The Kier molecular flexibility index (Phi) is 5.44. The number of carbonyl (C=O) groups excluding carboxylic acids is 1. The van der Waals surface area contributed by atoms with Crippen molar-refractivity contribution in [1.29, 1.82) is 0 Å². The molecular weight excluding hydrogens is 352 g/mol. The quantitative estimate of drug-likeness (QED) is 0.823. The number of carbonyl (C=O) groups is 1. The molecule has 0 saturated carbocycles. The van der Waals surface area contributed by atoms with Crippen LogP contribution in [0.25, 0.3) is 0 Å². The van der Waals surface area contributed by atoms with Crippen LogP contribution < -0.4 is 0 Å². The van der Waals surface area contributed by atoms with Crippen LogP contribution in [0.1, 0.15) is 39.1 Å². The number of rotatable bonds is 5. The first-order chi connectivity index (χ1) is 12.2. The number of sulfone groups is 1. The molecule has 2 fully saturated rings. The molecule has 146 valence electrons. The number of amides is 1. The molecule has 1 aromatic rings. The summed E-state index contributed by atoms with van der Waals surface area (Å²) in [5.74, 6) is 0.691. The lowest BCUT2D eigenvalue weighted by Gasteiger charge is -2.44. The Morgan fingerprint density at radius 1 is 1.23 bits per heavy atom. The van der Waals surface area contributed by atoms with Gasteiger partial charge < -0.3 is 4.90 Å². The minimum absolute atomic E-state index is 0.0532. The molecule has 1 aromatic heterocycles. The van der Waals surface area contributed by atoms with E-state index < -0.39 is 9.84 Å². The molecule has 0 aromatic carbocycles. The number of nitrogens with one attached hydrogen (secondary N) is 1. The fourth-order valence-electron chi connectivity index (χ4n) is 4.06. The zero-order valence-electron chi connectivity index (χ0n) is 16.1. The van der Waals surface area contributed by atoms with Crippen molar-refractivity contribution in [2.45, 2.75) is 52.7 Å². The Balaban J connectivity index is 1.75. The lowest BCUT2D eigenvalue weighted by Crippen LogP contribution is -2.60. The van der Waals surface area contributed by atoms with E-state index in [1.165, 1.54) is 0 Å². The molecule has 7 nitrogen and oxygen atoms in total. The maximum atomic E-state index is 12.5. The average molecular weight is 383 g/mol. The SMILES string of the molecule is CC(C)Cc1cc(CN2CCN(C(=O)C(C)C)[C@H]3CS(=O)(=O)C[C@H]32)[nH]n1. The predicted octanol–water partition coefficient (Wildman–Crippen LogP) is 1.07. The predicted molar refractivity (Wildman–Crippen MR) is 100 cm³/mol. The standard InChI is InChI=1S/C18H30N4O3S/c1-12(2)7-14-8-15(20-19-14)9-21-5-6-22(18(23)13(3)4)17-11-26(24,25)10-16(17)21/h8,12-13,16-17H,5-7,9-11H2,1-4H3,(H,19,20)/t16-,17+/m1/s1. The van der Waals surface area contributed by atoms with Crippen LogP contribution >= 0.6 is 0 Å². The summed E-state index contributed by atoms with van der Waals surface area (Å²) in [5, 5.41) is 7.46. The molecule has 1 N–H and O–H groups in total. The van der Waals surface area contributed by atoms with Gasteiger partial charge in [-0.05, 0) is 18.4 Å². The molecule has 3 heterocycles. The molecule has 3 rings (SSSR count). The van der Waals surface area contributed by atoms with E-state index in [-0.39, 0.29) is 35.4 Å². The van der Waals surface area contributed by atoms with Crippen molar-refractivity contribution >= 4 is 15.7 Å². The fourth-order valence-corrected chi connectivity index (χ4v) is 6.07. The van der Waals surface area contributed by atoms with Gasteiger partial charge in [0.05, 0.1) is 23.2 Å². The van der Waals surface area contributed by atoms with E-state index in [0.717, 1.165) is 17.8 Å². The number of H-pyrrole nitrogens is 1. The van der Waals surface area contributed by atoms with Crippen molar-refractivity contribution in [2.75, 3.05) is 24.6 Å².